The number of hydrogen-bond acceptors (Lipinski definition) is 9. The minimum absolute atomic E-state index is 0.0440. The molecule has 0 radical (unpaired) electrons. The number of benzene rings is 1. The van der Waals surface area contributed by atoms with Crippen molar-refractivity contribution in [3.8, 4) is 0 Å². The Morgan fingerprint density at radius 3 is 2.48 bits per heavy atom. The van der Waals surface area contributed by atoms with Gasteiger partial charge in [-0.25, -0.2) is 9.88 Å². The van der Waals surface area contributed by atoms with Gasteiger partial charge in [0.2, 0.25) is 0 Å². The van der Waals surface area contributed by atoms with Gasteiger partial charge in [0.15, 0.2) is 5.76 Å². The molecule has 0 fully saturated rings. The molecule has 0 saturated heterocycles. The lowest BCUT2D eigenvalue weighted by Gasteiger charge is -2.25. The molecule has 0 saturated carbocycles. The number of carbonyl (C=O) groups is 1. The molecule has 8 nitrogen and oxygen atoms in total. The smallest absolute Gasteiger partial charge is 0.254 e. The standard InChI is InChI=1S/C20H27NO7S/c1-6-20(4)16(13-7-9-14(10-8-13)29-28-25-5)17(26-12(2)3)18(27-20)21-15(11-22)19(23)24/h7-10,12,15,22H,6,11H2,1-5H3,(H,23,24)/p-1/t15-,20-/m0/s1. The van der Waals surface area contributed by atoms with Crippen LogP contribution in [0.15, 0.2) is 39.9 Å². The van der Waals surface area contributed by atoms with Crippen molar-refractivity contribution in [1.82, 2.24) is 0 Å². The number of aliphatic imine (C=N–C) groups is 1. The maximum absolute atomic E-state index is 11.2. The molecule has 0 aromatic heterocycles. The Hall–Kier alpha value is -2.07. The molecule has 0 bridgehead atoms. The highest BCUT2D eigenvalue weighted by Gasteiger charge is 2.44. The predicted octanol–water partition coefficient (Wildman–Crippen LogP) is 2.12. The van der Waals surface area contributed by atoms with E-state index in [1.165, 1.54) is 7.11 Å². The maximum Gasteiger partial charge on any atom is 0.254 e. The topological polar surface area (TPSA) is 110 Å². The van der Waals surface area contributed by atoms with Gasteiger partial charge in [-0.15, -0.1) is 0 Å². The first-order chi connectivity index (χ1) is 13.8. The highest BCUT2D eigenvalue weighted by atomic mass is 32.2. The lowest BCUT2D eigenvalue weighted by atomic mass is 9.88. The Morgan fingerprint density at radius 2 is 2.00 bits per heavy atom. The van der Waals surface area contributed by atoms with E-state index < -0.39 is 24.2 Å². The molecule has 1 heterocycles. The van der Waals surface area contributed by atoms with Crippen LogP contribution in [-0.2, 0) is 23.5 Å². The maximum atomic E-state index is 11.2. The minimum atomic E-state index is -1.49. The molecule has 1 aromatic carbocycles. The number of aliphatic hydroxyl groups is 1. The molecule has 0 amide bonds. The van der Waals surface area contributed by atoms with Crippen LogP contribution in [0.2, 0.25) is 0 Å². The summed E-state index contributed by atoms with van der Waals surface area (Å²) in [5, 5.41) is 20.6. The van der Waals surface area contributed by atoms with Crippen molar-refractivity contribution in [3.63, 3.8) is 0 Å². The quantitative estimate of drug-likeness (QED) is 0.346. The summed E-state index contributed by atoms with van der Waals surface area (Å²) in [6.07, 6.45) is 0.388. The number of carboxylic acid groups (broad SMARTS) is 1. The summed E-state index contributed by atoms with van der Waals surface area (Å²) in [4.78, 5) is 20.7. The van der Waals surface area contributed by atoms with Crippen molar-refractivity contribution in [1.29, 1.82) is 0 Å². The lowest BCUT2D eigenvalue weighted by Crippen LogP contribution is -2.38. The van der Waals surface area contributed by atoms with Crippen molar-refractivity contribution < 1.29 is 33.7 Å². The molecule has 1 aliphatic heterocycles. The predicted molar refractivity (Wildman–Crippen MR) is 107 cm³/mol. The largest absolute Gasteiger partial charge is 0.548 e. The van der Waals surface area contributed by atoms with Crippen LogP contribution in [0.25, 0.3) is 5.57 Å². The number of hydrogen-bond donors (Lipinski definition) is 1. The normalized spacial score (nSPS) is 21.6. The summed E-state index contributed by atoms with van der Waals surface area (Å²) in [5.74, 6) is -1.08. The Bertz CT molecular complexity index is 776. The van der Waals surface area contributed by atoms with Crippen molar-refractivity contribution in [2.24, 2.45) is 4.99 Å². The van der Waals surface area contributed by atoms with Crippen LogP contribution in [0, 0.1) is 0 Å². The van der Waals surface area contributed by atoms with Crippen LogP contribution in [0.5, 0.6) is 0 Å². The number of aliphatic hydroxyl groups excluding tert-OH is 1. The van der Waals surface area contributed by atoms with Gasteiger partial charge < -0.3 is 24.5 Å². The van der Waals surface area contributed by atoms with Crippen LogP contribution in [0.3, 0.4) is 0 Å². The molecule has 29 heavy (non-hydrogen) atoms. The summed E-state index contributed by atoms with van der Waals surface area (Å²) in [5.41, 5.74) is 0.810. The van der Waals surface area contributed by atoms with Crippen LogP contribution in [0.4, 0.5) is 0 Å². The third-order valence-electron chi connectivity index (χ3n) is 4.36. The number of rotatable bonds is 10. The molecule has 2 rings (SSSR count). The van der Waals surface area contributed by atoms with Crippen molar-refractivity contribution in [2.45, 2.75) is 56.8 Å². The first-order valence-corrected chi connectivity index (χ1v) is 9.98. The average molecular weight is 424 g/mol. The van der Waals surface area contributed by atoms with Crippen molar-refractivity contribution in [3.05, 3.63) is 35.6 Å². The first kappa shape index (κ1) is 23.2. The van der Waals surface area contributed by atoms with Gasteiger partial charge in [-0.2, -0.15) is 4.33 Å². The fourth-order valence-electron chi connectivity index (χ4n) is 2.83. The number of aliphatic carboxylic acids is 1. The molecule has 2 atom stereocenters. The van der Waals surface area contributed by atoms with E-state index in [0.717, 1.165) is 28.1 Å². The molecule has 0 spiro atoms. The summed E-state index contributed by atoms with van der Waals surface area (Å²) in [6.45, 7) is 6.85. The first-order valence-electron chi connectivity index (χ1n) is 9.23. The van der Waals surface area contributed by atoms with Crippen LogP contribution in [-0.4, -0.2) is 48.4 Å². The van der Waals surface area contributed by atoms with Gasteiger partial charge in [0.05, 0.1) is 43.4 Å². The van der Waals surface area contributed by atoms with E-state index >= 15 is 0 Å². The number of carbonyl (C=O) groups excluding carboxylic acids is 1. The number of nitrogens with zero attached hydrogens (tertiary/aromatic N) is 1. The van der Waals surface area contributed by atoms with Crippen molar-refractivity contribution in [2.75, 3.05) is 13.7 Å². The zero-order valence-electron chi connectivity index (χ0n) is 17.1. The van der Waals surface area contributed by atoms with E-state index in [9.17, 15) is 15.0 Å². The molecule has 1 N–H and O–H groups in total. The average Bonchev–Trinajstić information content (AvgIpc) is 2.96. The van der Waals surface area contributed by atoms with Crippen LogP contribution < -0.4 is 5.11 Å². The zero-order valence-corrected chi connectivity index (χ0v) is 17.9. The highest BCUT2D eigenvalue weighted by Crippen LogP contribution is 2.43. The molecule has 1 aromatic rings. The van der Waals surface area contributed by atoms with E-state index in [1.807, 2.05) is 52.0 Å². The van der Waals surface area contributed by atoms with Crippen LogP contribution in [0.1, 0.15) is 39.7 Å². The SMILES string of the molecule is CC[C@]1(C)OC(=N[C@@H](CO)C(=O)[O-])C(OC(C)C)=C1c1ccc(SOOC)cc1. The Balaban J connectivity index is 2.57. The third-order valence-corrected chi connectivity index (χ3v) is 5.03. The third kappa shape index (κ3) is 5.51. The Morgan fingerprint density at radius 1 is 1.34 bits per heavy atom. The molecule has 0 aliphatic carbocycles. The highest BCUT2D eigenvalue weighted by molar-refractivity contribution is 7.94. The van der Waals surface area contributed by atoms with Gasteiger partial charge >= 0.3 is 0 Å². The fraction of sp³-hybridized carbons (Fsp3) is 0.500. The van der Waals surface area contributed by atoms with E-state index in [-0.39, 0.29) is 12.0 Å². The van der Waals surface area contributed by atoms with Crippen molar-refractivity contribution >= 4 is 29.5 Å². The zero-order chi connectivity index (χ0) is 21.6. The molecular formula is C20H26NO7S-. The van der Waals surface area contributed by atoms with E-state index in [0.29, 0.717) is 12.2 Å². The second-order valence-electron chi connectivity index (χ2n) is 6.85. The summed E-state index contributed by atoms with van der Waals surface area (Å²) in [7, 11) is 1.43. The molecule has 9 heteroatoms. The van der Waals surface area contributed by atoms with Gasteiger partial charge in [0, 0.05) is 4.90 Å². The summed E-state index contributed by atoms with van der Waals surface area (Å²) >= 11 is 1.08. The van der Waals surface area contributed by atoms with E-state index in [1.54, 1.807) is 0 Å². The lowest BCUT2D eigenvalue weighted by molar-refractivity contribution is -0.308. The van der Waals surface area contributed by atoms with E-state index in [4.69, 9.17) is 13.8 Å². The monoisotopic (exact) mass is 424 g/mol. The molecule has 160 valence electrons. The number of carboxylic acids is 1. The molecule has 1 aliphatic rings. The van der Waals surface area contributed by atoms with Gasteiger partial charge in [-0.1, -0.05) is 19.1 Å². The number of ether oxygens (including phenoxy) is 2. The summed E-state index contributed by atoms with van der Waals surface area (Å²) < 4.78 is 16.9. The Labute approximate surface area is 174 Å². The van der Waals surface area contributed by atoms with E-state index in [2.05, 4.69) is 9.88 Å². The second-order valence-corrected chi connectivity index (χ2v) is 7.63. The Kier molecular flexibility index (Phi) is 8.09. The minimum Gasteiger partial charge on any atom is -0.548 e. The van der Waals surface area contributed by atoms with Gasteiger partial charge in [-0.3, -0.25) is 0 Å². The van der Waals surface area contributed by atoms with Gasteiger partial charge in [-0.05, 0) is 44.9 Å². The van der Waals surface area contributed by atoms with Crippen LogP contribution >= 0.6 is 12.0 Å². The van der Waals surface area contributed by atoms with Gasteiger partial charge in [0.1, 0.15) is 11.6 Å². The fourth-order valence-corrected chi connectivity index (χ4v) is 3.23. The summed E-state index contributed by atoms with van der Waals surface area (Å²) in [6, 6.07) is 6.07. The van der Waals surface area contributed by atoms with Gasteiger partial charge in [0.25, 0.3) is 5.90 Å². The molecule has 0 unspecified atom stereocenters. The second kappa shape index (κ2) is 10.1. The molecular weight excluding hydrogens is 398 g/mol.